The molecule has 1 aromatic carbocycles. The van der Waals surface area contributed by atoms with E-state index in [1.807, 2.05) is 30.1 Å². The molecule has 0 aliphatic heterocycles. The number of amides is 1. The smallest absolute Gasteiger partial charge is 0.235 e. The molecule has 0 aromatic heterocycles. The molecule has 0 bridgehead atoms. The van der Waals surface area contributed by atoms with Crippen LogP contribution < -0.4 is 10.1 Å². The second-order valence-electron chi connectivity index (χ2n) is 6.27. The Hall–Kier alpha value is -1.58. The van der Waals surface area contributed by atoms with Crippen LogP contribution in [0.4, 0.5) is 0 Å². The van der Waals surface area contributed by atoms with E-state index in [0.717, 1.165) is 28.6 Å². The van der Waals surface area contributed by atoms with E-state index in [-0.39, 0.29) is 18.4 Å². The molecule has 1 saturated carbocycles. The van der Waals surface area contributed by atoms with Crippen molar-refractivity contribution in [1.29, 1.82) is 5.26 Å². The summed E-state index contributed by atoms with van der Waals surface area (Å²) in [6, 6.07) is 8.04. The Balaban J connectivity index is 1.94. The lowest BCUT2D eigenvalue weighted by atomic mass is 9.98. The van der Waals surface area contributed by atoms with E-state index >= 15 is 0 Å². The summed E-state index contributed by atoms with van der Waals surface area (Å²) in [5, 5.41) is 12.2. The van der Waals surface area contributed by atoms with Gasteiger partial charge in [0.15, 0.2) is 0 Å². The highest BCUT2D eigenvalue weighted by atomic mass is 79.9. The Morgan fingerprint density at radius 1 is 1.57 bits per heavy atom. The number of nitrogens with zero attached hydrogens (tertiary/aromatic N) is 2. The highest BCUT2D eigenvalue weighted by molar-refractivity contribution is 9.10. The molecule has 1 fully saturated rings. The van der Waals surface area contributed by atoms with Gasteiger partial charge in [0.2, 0.25) is 5.91 Å². The second kappa shape index (κ2) is 7.33. The zero-order valence-corrected chi connectivity index (χ0v) is 15.3. The van der Waals surface area contributed by atoms with Crippen LogP contribution in [-0.4, -0.2) is 37.0 Å². The molecule has 0 saturated heterocycles. The number of nitriles is 1. The van der Waals surface area contributed by atoms with Crippen LogP contribution in [0.1, 0.15) is 25.3 Å². The molecular formula is C17H22BrN3O2. The quantitative estimate of drug-likeness (QED) is 0.790. The third-order valence-corrected chi connectivity index (χ3v) is 4.61. The molecule has 0 radical (unpaired) electrons. The molecule has 2 rings (SSSR count). The number of hydrogen-bond acceptors (Lipinski definition) is 4. The number of methoxy groups -OCH3 is 1. The van der Waals surface area contributed by atoms with Crippen molar-refractivity contribution >= 4 is 21.8 Å². The number of benzene rings is 1. The van der Waals surface area contributed by atoms with Crippen molar-refractivity contribution in [2.24, 2.45) is 5.92 Å². The van der Waals surface area contributed by atoms with Crippen LogP contribution in [0.3, 0.4) is 0 Å². The fourth-order valence-corrected chi connectivity index (χ4v) is 3.08. The van der Waals surface area contributed by atoms with E-state index in [1.54, 1.807) is 14.0 Å². The molecule has 23 heavy (non-hydrogen) atoms. The summed E-state index contributed by atoms with van der Waals surface area (Å²) >= 11 is 3.45. The third kappa shape index (κ3) is 4.69. The summed E-state index contributed by atoms with van der Waals surface area (Å²) < 4.78 is 6.32. The maximum atomic E-state index is 12.2. The minimum absolute atomic E-state index is 0.127. The van der Waals surface area contributed by atoms with E-state index in [0.29, 0.717) is 6.54 Å². The first kappa shape index (κ1) is 17.8. The zero-order chi connectivity index (χ0) is 17.0. The van der Waals surface area contributed by atoms with Crippen LogP contribution >= 0.6 is 15.9 Å². The molecule has 5 nitrogen and oxygen atoms in total. The van der Waals surface area contributed by atoms with Gasteiger partial charge in [-0.15, -0.1) is 0 Å². The first-order valence-corrected chi connectivity index (χ1v) is 8.40. The second-order valence-corrected chi connectivity index (χ2v) is 7.18. The normalized spacial score (nSPS) is 16.5. The van der Waals surface area contributed by atoms with E-state index in [1.165, 1.54) is 0 Å². The summed E-state index contributed by atoms with van der Waals surface area (Å²) in [4.78, 5) is 14.1. The average molecular weight is 380 g/mol. The van der Waals surface area contributed by atoms with Crippen molar-refractivity contribution in [1.82, 2.24) is 10.2 Å². The lowest BCUT2D eigenvalue weighted by molar-refractivity contribution is -0.123. The van der Waals surface area contributed by atoms with Gasteiger partial charge < -0.3 is 10.1 Å². The van der Waals surface area contributed by atoms with Gasteiger partial charge in [0.25, 0.3) is 0 Å². The number of likely N-dealkylation sites (N-methyl/N-ethyl adjacent to an activating group) is 1. The van der Waals surface area contributed by atoms with Gasteiger partial charge in [0.05, 0.1) is 19.7 Å². The van der Waals surface area contributed by atoms with Crippen molar-refractivity contribution in [2.75, 3.05) is 20.7 Å². The summed E-state index contributed by atoms with van der Waals surface area (Å²) in [5.74, 6) is 0.949. The van der Waals surface area contributed by atoms with Gasteiger partial charge in [-0.3, -0.25) is 9.69 Å². The molecule has 1 amide bonds. The fourth-order valence-electron chi connectivity index (χ4n) is 2.67. The van der Waals surface area contributed by atoms with E-state index in [4.69, 9.17) is 4.74 Å². The van der Waals surface area contributed by atoms with Gasteiger partial charge in [-0.1, -0.05) is 15.9 Å². The zero-order valence-electron chi connectivity index (χ0n) is 13.7. The van der Waals surface area contributed by atoms with Gasteiger partial charge in [0.1, 0.15) is 11.3 Å². The first-order valence-electron chi connectivity index (χ1n) is 7.61. The maximum absolute atomic E-state index is 12.2. The minimum Gasteiger partial charge on any atom is -0.496 e. The third-order valence-electron chi connectivity index (χ3n) is 4.12. The van der Waals surface area contributed by atoms with E-state index < -0.39 is 5.54 Å². The number of hydrogen-bond donors (Lipinski definition) is 1. The number of carbonyl (C=O) groups is 1. The van der Waals surface area contributed by atoms with E-state index in [9.17, 15) is 10.1 Å². The highest BCUT2D eigenvalue weighted by Crippen LogP contribution is 2.39. The molecular weight excluding hydrogens is 358 g/mol. The van der Waals surface area contributed by atoms with Gasteiger partial charge >= 0.3 is 0 Å². The summed E-state index contributed by atoms with van der Waals surface area (Å²) in [7, 11) is 3.51. The van der Waals surface area contributed by atoms with Crippen LogP contribution in [0.25, 0.3) is 0 Å². The largest absolute Gasteiger partial charge is 0.496 e. The Bertz CT molecular complexity index is 625. The molecule has 1 unspecified atom stereocenters. The molecule has 1 atom stereocenters. The van der Waals surface area contributed by atoms with E-state index in [2.05, 4.69) is 27.3 Å². The van der Waals surface area contributed by atoms with Crippen molar-refractivity contribution in [2.45, 2.75) is 31.8 Å². The predicted octanol–water partition coefficient (Wildman–Crippen LogP) is 2.70. The number of nitrogens with one attached hydrogen (secondary N) is 1. The summed E-state index contributed by atoms with van der Waals surface area (Å²) in [5.41, 5.74) is 0.258. The molecule has 1 N–H and O–H groups in total. The van der Waals surface area contributed by atoms with Gasteiger partial charge in [0, 0.05) is 16.6 Å². The summed E-state index contributed by atoms with van der Waals surface area (Å²) in [6.07, 6.45) is 2.02. The molecule has 0 heterocycles. The minimum atomic E-state index is -0.745. The number of carbonyl (C=O) groups excluding carboxylic acids is 1. The predicted molar refractivity (Wildman–Crippen MR) is 91.9 cm³/mol. The fraction of sp³-hybridized carbons (Fsp3) is 0.529. The summed E-state index contributed by atoms with van der Waals surface area (Å²) in [6.45, 7) is 2.63. The number of ether oxygens (including phenoxy) is 1. The van der Waals surface area contributed by atoms with Crippen molar-refractivity contribution in [3.63, 3.8) is 0 Å². The highest BCUT2D eigenvalue weighted by Gasteiger charge is 2.43. The van der Waals surface area contributed by atoms with Crippen LogP contribution in [-0.2, 0) is 11.3 Å². The molecule has 1 aliphatic rings. The average Bonchev–Trinajstić information content (AvgIpc) is 3.32. The monoisotopic (exact) mass is 379 g/mol. The Morgan fingerprint density at radius 2 is 2.26 bits per heavy atom. The standard InChI is InChI=1S/C17H22BrN3O2/c1-17(11-19,13-4-5-13)20-16(22)10-21(2)9-12-8-14(18)6-7-15(12)23-3/h6-8,13H,4-5,9-10H2,1-3H3,(H,20,22). The molecule has 1 aliphatic carbocycles. The topological polar surface area (TPSA) is 65.4 Å². The number of rotatable bonds is 7. The van der Waals surface area contributed by atoms with Crippen LogP contribution in [0.5, 0.6) is 5.75 Å². The Labute approximate surface area is 145 Å². The first-order chi connectivity index (χ1) is 10.9. The molecule has 124 valence electrons. The lowest BCUT2D eigenvalue weighted by Crippen LogP contribution is -2.49. The van der Waals surface area contributed by atoms with Crippen molar-refractivity contribution in [3.05, 3.63) is 28.2 Å². The molecule has 6 heteroatoms. The van der Waals surface area contributed by atoms with Crippen LogP contribution in [0, 0.1) is 17.2 Å². The van der Waals surface area contributed by atoms with Gasteiger partial charge in [-0.05, 0) is 50.9 Å². The van der Waals surface area contributed by atoms with Gasteiger partial charge in [-0.2, -0.15) is 5.26 Å². The molecule has 0 spiro atoms. The number of halogens is 1. The van der Waals surface area contributed by atoms with Crippen molar-refractivity contribution < 1.29 is 9.53 Å². The Kier molecular flexibility index (Phi) is 5.66. The molecule has 1 aromatic rings. The van der Waals surface area contributed by atoms with Crippen LogP contribution in [0.15, 0.2) is 22.7 Å². The maximum Gasteiger partial charge on any atom is 0.235 e. The SMILES string of the molecule is COc1ccc(Br)cc1CN(C)CC(=O)NC(C)(C#N)C1CC1. The van der Waals surface area contributed by atoms with Crippen LogP contribution in [0.2, 0.25) is 0 Å². The lowest BCUT2D eigenvalue weighted by Gasteiger charge is -2.25. The van der Waals surface area contributed by atoms with Crippen molar-refractivity contribution in [3.8, 4) is 11.8 Å². The Morgan fingerprint density at radius 3 is 2.83 bits per heavy atom. The van der Waals surface area contributed by atoms with Gasteiger partial charge in [-0.25, -0.2) is 0 Å².